The first-order valence-electron chi connectivity index (χ1n) is 4.71. The summed E-state index contributed by atoms with van der Waals surface area (Å²) in [5.41, 5.74) is 1.27. The van der Waals surface area contributed by atoms with Crippen LogP contribution in [0.25, 0.3) is 11.1 Å². The number of hydrogen-bond acceptors (Lipinski definition) is 2. The molecule has 0 bridgehead atoms. The summed E-state index contributed by atoms with van der Waals surface area (Å²) < 4.78 is 31.5. The van der Waals surface area contributed by atoms with Crippen molar-refractivity contribution in [2.75, 3.05) is 0 Å². The zero-order valence-electron chi connectivity index (χ0n) is 8.37. The predicted molar refractivity (Wildman–Crippen MR) is 68.8 cm³/mol. The van der Waals surface area contributed by atoms with E-state index < -0.39 is 10.1 Å². The van der Waals surface area contributed by atoms with Gasteiger partial charge >= 0.3 is 29.6 Å². The van der Waals surface area contributed by atoms with Gasteiger partial charge in [0.15, 0.2) is 0 Å². The SMILES string of the molecule is O=S(=O)(O)c1ccccc1-c1ccccc1.[NaH]. The van der Waals surface area contributed by atoms with Crippen molar-refractivity contribution in [3.05, 3.63) is 54.6 Å². The molecule has 0 aliphatic heterocycles. The average molecular weight is 258 g/mol. The predicted octanol–water partition coefficient (Wildman–Crippen LogP) is 1.95. The Balaban J connectivity index is 0.00000144. The molecule has 0 heterocycles. The maximum absolute atomic E-state index is 11.2. The van der Waals surface area contributed by atoms with Gasteiger partial charge in [0.1, 0.15) is 4.90 Å². The van der Waals surface area contributed by atoms with Crippen molar-refractivity contribution in [2.24, 2.45) is 0 Å². The van der Waals surface area contributed by atoms with Crippen LogP contribution in [0.3, 0.4) is 0 Å². The van der Waals surface area contributed by atoms with Gasteiger partial charge in [0.05, 0.1) is 0 Å². The van der Waals surface area contributed by atoms with E-state index in [1.54, 1.807) is 30.3 Å². The minimum absolute atomic E-state index is 0. The van der Waals surface area contributed by atoms with Gasteiger partial charge in [-0.3, -0.25) is 4.55 Å². The van der Waals surface area contributed by atoms with E-state index in [9.17, 15) is 8.42 Å². The molecule has 2 rings (SSSR count). The van der Waals surface area contributed by atoms with Crippen LogP contribution in [0.1, 0.15) is 0 Å². The van der Waals surface area contributed by atoms with Crippen molar-refractivity contribution in [1.29, 1.82) is 0 Å². The Morgan fingerprint density at radius 2 is 1.35 bits per heavy atom. The molecular formula is C12H11NaO3S. The Bertz CT molecular complexity index is 594. The fourth-order valence-electron chi connectivity index (χ4n) is 1.55. The quantitative estimate of drug-likeness (QED) is 0.661. The van der Waals surface area contributed by atoms with Crippen LogP contribution in [-0.4, -0.2) is 42.5 Å². The normalized spacial score (nSPS) is 10.6. The standard InChI is InChI=1S/C12H10O3S.Na.H/c13-16(14,15)12-9-5-4-8-11(12)10-6-2-1-3-7-10;;/h1-9H,(H,13,14,15);;. The van der Waals surface area contributed by atoms with Crippen LogP contribution in [-0.2, 0) is 10.1 Å². The zero-order chi connectivity index (χ0) is 11.6. The molecule has 0 saturated heterocycles. The van der Waals surface area contributed by atoms with E-state index in [1.165, 1.54) is 6.07 Å². The zero-order valence-corrected chi connectivity index (χ0v) is 9.18. The second-order valence-electron chi connectivity index (χ2n) is 3.34. The fourth-order valence-corrected chi connectivity index (χ4v) is 2.26. The fraction of sp³-hybridized carbons (Fsp3) is 0. The summed E-state index contributed by atoms with van der Waals surface area (Å²) >= 11 is 0. The molecule has 0 atom stereocenters. The minimum atomic E-state index is -4.18. The van der Waals surface area contributed by atoms with Crippen LogP contribution in [0.15, 0.2) is 59.5 Å². The second kappa shape index (κ2) is 5.80. The average Bonchev–Trinajstić information content (AvgIpc) is 2.29. The maximum atomic E-state index is 11.2. The van der Waals surface area contributed by atoms with Gasteiger partial charge in [0.25, 0.3) is 10.1 Å². The summed E-state index contributed by atoms with van der Waals surface area (Å²) in [5, 5.41) is 0. The molecule has 0 aliphatic carbocycles. The number of hydrogen-bond donors (Lipinski definition) is 1. The molecule has 0 fully saturated rings. The molecule has 0 saturated carbocycles. The third kappa shape index (κ3) is 3.40. The molecule has 0 radical (unpaired) electrons. The van der Waals surface area contributed by atoms with E-state index in [2.05, 4.69) is 0 Å². The van der Waals surface area contributed by atoms with Crippen LogP contribution in [0.5, 0.6) is 0 Å². The Hall–Kier alpha value is -0.650. The molecule has 2 aromatic carbocycles. The molecule has 0 aromatic heterocycles. The monoisotopic (exact) mass is 258 g/mol. The summed E-state index contributed by atoms with van der Waals surface area (Å²) in [5.74, 6) is 0. The van der Waals surface area contributed by atoms with E-state index >= 15 is 0 Å². The van der Waals surface area contributed by atoms with E-state index in [0.29, 0.717) is 5.56 Å². The number of rotatable bonds is 2. The van der Waals surface area contributed by atoms with Gasteiger partial charge in [-0.25, -0.2) is 0 Å². The molecule has 5 heteroatoms. The first kappa shape index (κ1) is 14.4. The van der Waals surface area contributed by atoms with Crippen LogP contribution >= 0.6 is 0 Å². The Morgan fingerprint density at radius 1 is 0.824 bits per heavy atom. The Labute approximate surface area is 123 Å². The molecular weight excluding hydrogens is 247 g/mol. The molecule has 17 heavy (non-hydrogen) atoms. The van der Waals surface area contributed by atoms with Gasteiger partial charge in [-0.1, -0.05) is 48.5 Å². The number of benzene rings is 2. The second-order valence-corrected chi connectivity index (χ2v) is 4.73. The molecule has 0 unspecified atom stereocenters. The van der Waals surface area contributed by atoms with Gasteiger partial charge in [0.2, 0.25) is 0 Å². The third-order valence-corrected chi connectivity index (χ3v) is 3.16. The van der Waals surface area contributed by atoms with E-state index in [0.717, 1.165) is 5.56 Å². The van der Waals surface area contributed by atoms with Crippen LogP contribution < -0.4 is 0 Å². The molecule has 0 aliphatic rings. The molecule has 0 spiro atoms. The van der Waals surface area contributed by atoms with Crippen molar-refractivity contribution in [1.82, 2.24) is 0 Å². The van der Waals surface area contributed by atoms with E-state index in [-0.39, 0.29) is 34.5 Å². The van der Waals surface area contributed by atoms with Gasteiger partial charge in [-0.15, -0.1) is 0 Å². The Morgan fingerprint density at radius 3 is 1.94 bits per heavy atom. The van der Waals surface area contributed by atoms with Gasteiger partial charge < -0.3 is 0 Å². The van der Waals surface area contributed by atoms with Gasteiger partial charge in [-0.05, 0) is 11.6 Å². The first-order chi connectivity index (χ1) is 7.59. The molecule has 1 N–H and O–H groups in total. The molecule has 84 valence electrons. The molecule has 3 nitrogen and oxygen atoms in total. The molecule has 2 aromatic rings. The van der Waals surface area contributed by atoms with Crippen molar-refractivity contribution in [3.63, 3.8) is 0 Å². The van der Waals surface area contributed by atoms with E-state index in [1.807, 2.05) is 18.2 Å². The van der Waals surface area contributed by atoms with Crippen molar-refractivity contribution < 1.29 is 13.0 Å². The Kier molecular flexibility index (Phi) is 4.91. The van der Waals surface area contributed by atoms with Crippen molar-refractivity contribution in [2.45, 2.75) is 4.90 Å². The van der Waals surface area contributed by atoms with Crippen LogP contribution in [0, 0.1) is 0 Å². The topological polar surface area (TPSA) is 54.4 Å². The summed E-state index contributed by atoms with van der Waals surface area (Å²) in [4.78, 5) is -0.0683. The third-order valence-electron chi connectivity index (χ3n) is 2.25. The summed E-state index contributed by atoms with van der Waals surface area (Å²) in [6, 6.07) is 15.4. The van der Waals surface area contributed by atoms with Crippen molar-refractivity contribution >= 4 is 39.7 Å². The van der Waals surface area contributed by atoms with Crippen LogP contribution in [0.4, 0.5) is 0 Å². The van der Waals surface area contributed by atoms with Crippen LogP contribution in [0.2, 0.25) is 0 Å². The van der Waals surface area contributed by atoms with E-state index in [4.69, 9.17) is 4.55 Å². The first-order valence-corrected chi connectivity index (χ1v) is 6.15. The molecule has 0 amide bonds. The van der Waals surface area contributed by atoms with Gasteiger partial charge in [-0.2, -0.15) is 8.42 Å². The summed E-state index contributed by atoms with van der Waals surface area (Å²) in [6.45, 7) is 0. The van der Waals surface area contributed by atoms with Gasteiger partial charge in [0, 0.05) is 5.56 Å². The summed E-state index contributed by atoms with van der Waals surface area (Å²) in [6.07, 6.45) is 0. The van der Waals surface area contributed by atoms with Crippen molar-refractivity contribution in [3.8, 4) is 11.1 Å². The summed E-state index contributed by atoms with van der Waals surface area (Å²) in [7, 11) is -4.18.